The van der Waals surface area contributed by atoms with Crippen LogP contribution in [0, 0.1) is 0 Å². The number of aromatic nitrogens is 2. The number of methoxy groups -OCH3 is 1. The van der Waals surface area contributed by atoms with E-state index in [0.29, 0.717) is 4.90 Å². The zero-order valence-corrected chi connectivity index (χ0v) is 16.7. The highest BCUT2D eigenvalue weighted by molar-refractivity contribution is 7.90. The van der Waals surface area contributed by atoms with Crippen molar-refractivity contribution in [2.45, 2.75) is 4.90 Å². The third-order valence-corrected chi connectivity index (χ3v) is 6.02. The van der Waals surface area contributed by atoms with Gasteiger partial charge in [-0.15, -0.1) is 0 Å². The van der Waals surface area contributed by atoms with Gasteiger partial charge in [0.2, 0.25) is 0 Å². The van der Waals surface area contributed by atoms with Gasteiger partial charge in [0.15, 0.2) is 9.84 Å². The van der Waals surface area contributed by atoms with Crippen LogP contribution in [0.1, 0.15) is 0 Å². The normalized spacial score (nSPS) is 11.7. The molecule has 0 saturated carbocycles. The zero-order chi connectivity index (χ0) is 19.9. The summed E-state index contributed by atoms with van der Waals surface area (Å²) in [5.74, 6) is 0.816. The molecule has 2 aromatic carbocycles. The van der Waals surface area contributed by atoms with E-state index in [1.54, 1.807) is 19.2 Å². The van der Waals surface area contributed by atoms with Gasteiger partial charge in [0.1, 0.15) is 5.75 Å². The van der Waals surface area contributed by atoms with E-state index in [1.807, 2.05) is 55.7 Å². The second kappa shape index (κ2) is 6.80. The first-order valence-electron chi connectivity index (χ1n) is 8.77. The maximum Gasteiger partial charge on any atom is 0.175 e. The van der Waals surface area contributed by atoms with Crippen molar-refractivity contribution in [1.29, 1.82) is 0 Å². The van der Waals surface area contributed by atoms with Gasteiger partial charge < -0.3 is 9.30 Å². The number of hydrogen-bond donors (Lipinski definition) is 0. The summed E-state index contributed by atoms with van der Waals surface area (Å²) in [6, 6.07) is 18.9. The topological polar surface area (TPSA) is 61.2 Å². The van der Waals surface area contributed by atoms with Crippen molar-refractivity contribution in [3.8, 4) is 28.1 Å². The van der Waals surface area contributed by atoms with Gasteiger partial charge in [0.25, 0.3) is 0 Å². The second-order valence-corrected chi connectivity index (χ2v) is 8.76. The summed E-state index contributed by atoms with van der Waals surface area (Å²) in [4.78, 5) is 4.93. The molecule has 0 radical (unpaired) electrons. The third kappa shape index (κ3) is 3.27. The van der Waals surface area contributed by atoms with Crippen LogP contribution in [0.5, 0.6) is 5.75 Å². The number of ether oxygens (including phenoxy) is 1. The average Bonchev–Trinajstić information content (AvgIpc) is 3.03. The first kappa shape index (κ1) is 18.3. The van der Waals surface area contributed by atoms with Crippen molar-refractivity contribution in [3.05, 3.63) is 66.9 Å². The zero-order valence-electron chi connectivity index (χ0n) is 15.9. The Morgan fingerprint density at radius 2 is 1.54 bits per heavy atom. The molecule has 0 atom stereocenters. The Balaban J connectivity index is 1.76. The monoisotopic (exact) mass is 392 g/mol. The molecule has 0 aliphatic carbocycles. The molecule has 28 heavy (non-hydrogen) atoms. The first-order chi connectivity index (χ1) is 13.4. The molecule has 2 aromatic heterocycles. The quantitative estimate of drug-likeness (QED) is 0.519. The van der Waals surface area contributed by atoms with Crippen LogP contribution in [0.3, 0.4) is 0 Å². The predicted octanol–water partition coefficient (Wildman–Crippen LogP) is 4.32. The minimum absolute atomic E-state index is 0.315. The fraction of sp³-hybridized carbons (Fsp3) is 0.136. The van der Waals surface area contributed by atoms with Crippen LogP contribution in [0.15, 0.2) is 71.8 Å². The number of benzene rings is 2. The first-order valence-corrected chi connectivity index (χ1v) is 10.7. The van der Waals surface area contributed by atoms with Crippen LogP contribution in [-0.2, 0) is 16.9 Å². The Labute approximate surface area is 164 Å². The van der Waals surface area contributed by atoms with Crippen molar-refractivity contribution in [1.82, 2.24) is 9.55 Å². The van der Waals surface area contributed by atoms with Crippen LogP contribution < -0.4 is 4.74 Å². The Hall–Kier alpha value is -3.12. The van der Waals surface area contributed by atoms with E-state index in [-0.39, 0.29) is 0 Å². The maximum absolute atomic E-state index is 11.7. The van der Waals surface area contributed by atoms with Crippen LogP contribution in [-0.4, -0.2) is 31.3 Å². The molecule has 2 heterocycles. The lowest BCUT2D eigenvalue weighted by Crippen LogP contribution is -1.97. The van der Waals surface area contributed by atoms with Crippen LogP contribution >= 0.6 is 0 Å². The van der Waals surface area contributed by atoms with Crippen molar-refractivity contribution in [2.75, 3.05) is 13.4 Å². The van der Waals surface area contributed by atoms with Gasteiger partial charge in [-0.05, 0) is 47.5 Å². The summed E-state index contributed by atoms with van der Waals surface area (Å²) >= 11 is 0. The molecule has 0 aliphatic heterocycles. The van der Waals surface area contributed by atoms with E-state index in [1.165, 1.54) is 6.26 Å². The fourth-order valence-electron chi connectivity index (χ4n) is 3.29. The minimum atomic E-state index is -3.21. The molecule has 0 saturated heterocycles. The Bertz CT molecular complexity index is 1260. The van der Waals surface area contributed by atoms with E-state index >= 15 is 0 Å². The molecule has 0 bridgehead atoms. The van der Waals surface area contributed by atoms with Gasteiger partial charge >= 0.3 is 0 Å². The number of rotatable bonds is 4. The highest BCUT2D eigenvalue weighted by Gasteiger charge is 2.12. The van der Waals surface area contributed by atoms with Crippen LogP contribution in [0.4, 0.5) is 0 Å². The number of nitrogens with zero attached hydrogens (tertiary/aromatic N) is 2. The largest absolute Gasteiger partial charge is 0.497 e. The van der Waals surface area contributed by atoms with E-state index in [0.717, 1.165) is 39.2 Å². The second-order valence-electron chi connectivity index (χ2n) is 6.74. The summed E-state index contributed by atoms with van der Waals surface area (Å²) in [5.41, 5.74) is 5.91. The predicted molar refractivity (Wildman–Crippen MR) is 111 cm³/mol. The molecular weight excluding hydrogens is 372 g/mol. The van der Waals surface area contributed by atoms with Gasteiger partial charge in [-0.2, -0.15) is 0 Å². The van der Waals surface area contributed by atoms with Crippen molar-refractivity contribution in [2.24, 2.45) is 7.05 Å². The van der Waals surface area contributed by atoms with Gasteiger partial charge in [0.05, 0.1) is 28.7 Å². The highest BCUT2D eigenvalue weighted by Crippen LogP contribution is 2.30. The number of sulfone groups is 1. The Kier molecular flexibility index (Phi) is 4.43. The van der Waals surface area contributed by atoms with E-state index in [2.05, 4.69) is 15.6 Å². The smallest absolute Gasteiger partial charge is 0.175 e. The Morgan fingerprint density at radius 3 is 2.14 bits per heavy atom. The number of pyridine rings is 1. The summed E-state index contributed by atoms with van der Waals surface area (Å²) in [6.07, 6.45) is 3.07. The van der Waals surface area contributed by atoms with Gasteiger partial charge in [-0.25, -0.2) is 8.42 Å². The molecular formula is C22H20N2O3S. The molecule has 142 valence electrons. The third-order valence-electron chi connectivity index (χ3n) is 4.90. The van der Waals surface area contributed by atoms with Gasteiger partial charge in [-0.1, -0.05) is 24.3 Å². The average molecular weight is 392 g/mol. The van der Waals surface area contributed by atoms with Gasteiger partial charge in [0, 0.05) is 25.1 Å². The molecule has 0 N–H and O–H groups in total. The summed E-state index contributed by atoms with van der Waals surface area (Å²) in [5, 5.41) is 0. The van der Waals surface area contributed by atoms with Crippen LogP contribution in [0.25, 0.3) is 33.4 Å². The Morgan fingerprint density at radius 1 is 0.893 bits per heavy atom. The van der Waals surface area contributed by atoms with Crippen LogP contribution in [0.2, 0.25) is 0 Å². The summed E-state index contributed by atoms with van der Waals surface area (Å²) in [6.45, 7) is 0. The summed E-state index contributed by atoms with van der Waals surface area (Å²) < 4.78 is 30.6. The number of fused-ring (bicyclic) bond motifs is 1. The lowest BCUT2D eigenvalue weighted by Gasteiger charge is -2.07. The molecule has 4 aromatic rings. The van der Waals surface area contributed by atoms with E-state index in [4.69, 9.17) is 4.74 Å². The number of hydrogen-bond acceptors (Lipinski definition) is 4. The fourth-order valence-corrected chi connectivity index (χ4v) is 3.92. The standard InChI is InChI=1S/C22H20N2O3S/c1-24-21(16-6-10-19(11-7-16)28(3,25)26)13-20-22(24)12-17(14-23-20)15-4-8-18(27-2)9-5-15/h4-14H,1-3H3. The lowest BCUT2D eigenvalue weighted by atomic mass is 10.1. The highest BCUT2D eigenvalue weighted by atomic mass is 32.2. The molecule has 0 amide bonds. The maximum atomic E-state index is 11.7. The number of aryl methyl sites for hydroxylation is 1. The molecule has 0 spiro atoms. The molecule has 5 nitrogen and oxygen atoms in total. The molecule has 0 fully saturated rings. The SMILES string of the molecule is COc1ccc(-c2cnc3cc(-c4ccc(S(C)(=O)=O)cc4)n(C)c3c2)cc1. The summed E-state index contributed by atoms with van der Waals surface area (Å²) in [7, 11) is 0.431. The van der Waals surface area contributed by atoms with E-state index in [9.17, 15) is 8.42 Å². The minimum Gasteiger partial charge on any atom is -0.497 e. The van der Waals surface area contributed by atoms with Crippen molar-refractivity contribution < 1.29 is 13.2 Å². The van der Waals surface area contributed by atoms with E-state index < -0.39 is 9.84 Å². The van der Waals surface area contributed by atoms with Crippen molar-refractivity contribution >= 4 is 20.9 Å². The lowest BCUT2D eigenvalue weighted by molar-refractivity contribution is 0.415. The van der Waals surface area contributed by atoms with Crippen molar-refractivity contribution in [3.63, 3.8) is 0 Å². The van der Waals surface area contributed by atoms with Gasteiger partial charge in [-0.3, -0.25) is 4.98 Å². The molecule has 4 rings (SSSR count). The molecule has 0 unspecified atom stereocenters. The molecule has 6 heteroatoms. The molecule has 0 aliphatic rings.